The highest BCUT2D eigenvalue weighted by Gasteiger charge is 2.04. The van der Waals surface area contributed by atoms with Crippen LogP contribution in [0.1, 0.15) is 0 Å². The van der Waals surface area contributed by atoms with Gasteiger partial charge in [-0.3, -0.25) is 0 Å². The Hall–Kier alpha value is -1.68. The number of methoxy groups -OCH3 is 1. The molecule has 3 nitrogen and oxygen atoms in total. The van der Waals surface area contributed by atoms with Gasteiger partial charge in [0.1, 0.15) is 11.6 Å². The molecule has 0 spiro atoms. The van der Waals surface area contributed by atoms with E-state index in [1.165, 1.54) is 0 Å². The number of nitrogens with zero attached hydrogens (tertiary/aromatic N) is 1. The van der Waals surface area contributed by atoms with Crippen molar-refractivity contribution in [2.45, 2.75) is 9.79 Å². The average molecular weight is 246 g/mol. The van der Waals surface area contributed by atoms with Gasteiger partial charge >= 0.3 is 0 Å². The standard InChI is InChI=1S/C13H14N2OS/c1-14-13-9-10(7-8-15-13)17-12-6-4-3-5-11(12)16-2/h3-9H,1-2H3,(H,14,15). The molecule has 0 fully saturated rings. The number of para-hydroxylation sites is 1. The van der Waals surface area contributed by atoms with E-state index in [-0.39, 0.29) is 0 Å². The Kier molecular flexibility index (Phi) is 3.88. The van der Waals surface area contributed by atoms with Crippen molar-refractivity contribution >= 4 is 17.6 Å². The monoisotopic (exact) mass is 246 g/mol. The van der Waals surface area contributed by atoms with Gasteiger partial charge in [-0.15, -0.1) is 0 Å². The minimum absolute atomic E-state index is 0.866. The van der Waals surface area contributed by atoms with Crippen molar-refractivity contribution in [3.63, 3.8) is 0 Å². The van der Waals surface area contributed by atoms with Crippen LogP contribution in [0.4, 0.5) is 5.82 Å². The van der Waals surface area contributed by atoms with E-state index in [0.29, 0.717) is 0 Å². The predicted octanol–water partition coefficient (Wildman–Crippen LogP) is 3.28. The number of pyridine rings is 1. The van der Waals surface area contributed by atoms with Crippen LogP contribution in [-0.4, -0.2) is 19.1 Å². The maximum atomic E-state index is 5.32. The lowest BCUT2D eigenvalue weighted by Gasteiger charge is -2.08. The molecule has 0 amide bonds. The maximum Gasteiger partial charge on any atom is 0.132 e. The van der Waals surface area contributed by atoms with E-state index >= 15 is 0 Å². The Morgan fingerprint density at radius 3 is 2.82 bits per heavy atom. The molecule has 4 heteroatoms. The number of hydrogen-bond acceptors (Lipinski definition) is 4. The molecule has 1 aromatic carbocycles. The van der Waals surface area contributed by atoms with Gasteiger partial charge < -0.3 is 10.1 Å². The van der Waals surface area contributed by atoms with Crippen molar-refractivity contribution in [1.82, 2.24) is 4.98 Å². The molecule has 2 aromatic rings. The molecule has 1 heterocycles. The molecule has 0 unspecified atom stereocenters. The van der Waals surface area contributed by atoms with E-state index in [9.17, 15) is 0 Å². The van der Waals surface area contributed by atoms with Crippen molar-refractivity contribution in [3.05, 3.63) is 42.6 Å². The second kappa shape index (κ2) is 5.59. The summed E-state index contributed by atoms with van der Waals surface area (Å²) in [6.45, 7) is 0. The van der Waals surface area contributed by atoms with E-state index in [1.807, 2.05) is 43.4 Å². The van der Waals surface area contributed by atoms with Crippen LogP contribution in [0.5, 0.6) is 5.75 Å². The van der Waals surface area contributed by atoms with E-state index in [2.05, 4.69) is 10.3 Å². The van der Waals surface area contributed by atoms with Gasteiger partial charge in [0, 0.05) is 18.1 Å². The highest BCUT2D eigenvalue weighted by molar-refractivity contribution is 7.99. The summed E-state index contributed by atoms with van der Waals surface area (Å²) >= 11 is 1.66. The lowest BCUT2D eigenvalue weighted by molar-refractivity contribution is 0.405. The Balaban J connectivity index is 2.24. The minimum Gasteiger partial charge on any atom is -0.496 e. The van der Waals surface area contributed by atoms with E-state index < -0.39 is 0 Å². The van der Waals surface area contributed by atoms with Gasteiger partial charge in [-0.1, -0.05) is 23.9 Å². The number of benzene rings is 1. The molecule has 1 N–H and O–H groups in total. The lowest BCUT2D eigenvalue weighted by atomic mass is 10.3. The Morgan fingerprint density at radius 2 is 2.06 bits per heavy atom. The van der Waals surface area contributed by atoms with Crippen molar-refractivity contribution in [3.8, 4) is 5.75 Å². The normalized spacial score (nSPS) is 10.0. The molecular weight excluding hydrogens is 232 g/mol. The number of hydrogen-bond donors (Lipinski definition) is 1. The van der Waals surface area contributed by atoms with Gasteiger partial charge in [0.2, 0.25) is 0 Å². The number of rotatable bonds is 4. The van der Waals surface area contributed by atoms with Crippen LogP contribution in [0.25, 0.3) is 0 Å². The first-order valence-electron chi connectivity index (χ1n) is 5.28. The van der Waals surface area contributed by atoms with Crippen LogP contribution in [-0.2, 0) is 0 Å². The summed E-state index contributed by atoms with van der Waals surface area (Å²) in [7, 11) is 3.55. The Bertz CT molecular complexity index is 502. The fourth-order valence-electron chi connectivity index (χ4n) is 1.44. The number of aromatic nitrogens is 1. The summed E-state index contributed by atoms with van der Waals surface area (Å²) < 4.78 is 5.32. The van der Waals surface area contributed by atoms with Crippen LogP contribution in [0, 0.1) is 0 Å². The lowest BCUT2D eigenvalue weighted by Crippen LogP contribution is -1.91. The molecule has 17 heavy (non-hydrogen) atoms. The Morgan fingerprint density at radius 1 is 1.24 bits per heavy atom. The number of nitrogens with one attached hydrogen (secondary N) is 1. The van der Waals surface area contributed by atoms with Gasteiger partial charge in [0.25, 0.3) is 0 Å². The molecule has 0 aliphatic heterocycles. The second-order valence-corrected chi connectivity index (χ2v) is 4.50. The molecular formula is C13H14N2OS. The van der Waals surface area contributed by atoms with Crippen LogP contribution in [0.2, 0.25) is 0 Å². The fourth-order valence-corrected chi connectivity index (χ4v) is 2.39. The molecule has 0 aliphatic rings. The molecule has 2 rings (SSSR count). The number of anilines is 1. The molecule has 0 saturated carbocycles. The minimum atomic E-state index is 0.866. The highest BCUT2D eigenvalue weighted by Crippen LogP contribution is 2.34. The zero-order valence-corrected chi connectivity index (χ0v) is 10.6. The molecule has 0 atom stereocenters. The van der Waals surface area contributed by atoms with Crippen LogP contribution in [0.15, 0.2) is 52.4 Å². The summed E-state index contributed by atoms with van der Waals surface area (Å²) in [5.41, 5.74) is 0. The zero-order valence-electron chi connectivity index (χ0n) is 9.81. The van der Waals surface area contributed by atoms with Crippen LogP contribution >= 0.6 is 11.8 Å². The van der Waals surface area contributed by atoms with E-state index in [4.69, 9.17) is 4.74 Å². The van der Waals surface area contributed by atoms with Crippen molar-refractivity contribution < 1.29 is 4.74 Å². The Labute approximate surface area is 105 Å². The number of ether oxygens (including phenoxy) is 1. The third-order valence-electron chi connectivity index (χ3n) is 2.28. The quantitative estimate of drug-likeness (QED) is 0.897. The molecule has 0 aliphatic carbocycles. The fraction of sp³-hybridized carbons (Fsp3) is 0.154. The molecule has 0 radical (unpaired) electrons. The van der Waals surface area contributed by atoms with Crippen LogP contribution in [0.3, 0.4) is 0 Å². The smallest absolute Gasteiger partial charge is 0.132 e. The summed E-state index contributed by atoms with van der Waals surface area (Å²) in [6.07, 6.45) is 1.80. The van der Waals surface area contributed by atoms with Crippen molar-refractivity contribution in [1.29, 1.82) is 0 Å². The first kappa shape index (κ1) is 11.8. The maximum absolute atomic E-state index is 5.32. The highest BCUT2D eigenvalue weighted by atomic mass is 32.2. The van der Waals surface area contributed by atoms with Crippen LogP contribution < -0.4 is 10.1 Å². The van der Waals surface area contributed by atoms with Gasteiger partial charge in [-0.25, -0.2) is 4.98 Å². The van der Waals surface area contributed by atoms with Gasteiger partial charge in [-0.05, 0) is 24.3 Å². The summed E-state index contributed by atoms with van der Waals surface area (Å²) in [6, 6.07) is 12.0. The SMILES string of the molecule is CNc1cc(Sc2ccccc2OC)ccn1. The first-order chi connectivity index (χ1) is 8.33. The third-order valence-corrected chi connectivity index (χ3v) is 3.33. The second-order valence-electron chi connectivity index (χ2n) is 3.38. The molecule has 1 aromatic heterocycles. The zero-order chi connectivity index (χ0) is 12.1. The molecule has 88 valence electrons. The van der Waals surface area contributed by atoms with E-state index in [1.54, 1.807) is 25.1 Å². The summed E-state index contributed by atoms with van der Waals surface area (Å²) in [5.74, 6) is 1.75. The first-order valence-corrected chi connectivity index (χ1v) is 6.10. The molecule has 0 bridgehead atoms. The third kappa shape index (κ3) is 2.91. The topological polar surface area (TPSA) is 34.1 Å². The van der Waals surface area contributed by atoms with Gasteiger partial charge in [0.05, 0.1) is 12.0 Å². The summed E-state index contributed by atoms with van der Waals surface area (Å²) in [5, 5.41) is 3.03. The van der Waals surface area contributed by atoms with E-state index in [0.717, 1.165) is 21.4 Å². The summed E-state index contributed by atoms with van der Waals surface area (Å²) in [4.78, 5) is 6.42. The van der Waals surface area contributed by atoms with Gasteiger partial charge in [0.15, 0.2) is 0 Å². The van der Waals surface area contributed by atoms with Gasteiger partial charge in [-0.2, -0.15) is 0 Å². The predicted molar refractivity (Wildman–Crippen MR) is 70.9 cm³/mol. The molecule has 0 saturated heterocycles. The largest absolute Gasteiger partial charge is 0.496 e. The van der Waals surface area contributed by atoms with Crippen molar-refractivity contribution in [2.24, 2.45) is 0 Å². The van der Waals surface area contributed by atoms with Crippen molar-refractivity contribution in [2.75, 3.05) is 19.5 Å². The average Bonchev–Trinajstić information content (AvgIpc) is 2.39.